The zero-order valence-electron chi connectivity index (χ0n) is 10.2. The standard InChI is InChI=1S/C13H23NO/c1-4-11-8-6-7-9-13(11,15)12(3,5-2)10-14/h11,15H,4-9H2,1-3H3. The van der Waals surface area contributed by atoms with Crippen molar-refractivity contribution in [2.45, 2.75) is 64.9 Å². The number of nitriles is 1. The number of rotatable bonds is 3. The predicted molar refractivity (Wildman–Crippen MR) is 61.2 cm³/mol. The smallest absolute Gasteiger partial charge is 0.0858 e. The summed E-state index contributed by atoms with van der Waals surface area (Å²) in [5.74, 6) is 0.302. The fourth-order valence-corrected chi connectivity index (χ4v) is 2.98. The summed E-state index contributed by atoms with van der Waals surface area (Å²) in [6, 6.07) is 2.35. The topological polar surface area (TPSA) is 44.0 Å². The Morgan fingerprint density at radius 1 is 1.47 bits per heavy atom. The van der Waals surface area contributed by atoms with Crippen LogP contribution in [0.1, 0.15) is 59.3 Å². The second-order valence-electron chi connectivity index (χ2n) is 5.07. The molecule has 86 valence electrons. The van der Waals surface area contributed by atoms with Gasteiger partial charge >= 0.3 is 0 Å². The highest BCUT2D eigenvalue weighted by Gasteiger charge is 2.51. The molecular weight excluding hydrogens is 186 g/mol. The van der Waals surface area contributed by atoms with E-state index in [1.54, 1.807) is 0 Å². The maximum Gasteiger partial charge on any atom is 0.0858 e. The van der Waals surface area contributed by atoms with E-state index in [0.717, 1.165) is 32.1 Å². The molecule has 0 saturated heterocycles. The van der Waals surface area contributed by atoms with Crippen molar-refractivity contribution in [2.75, 3.05) is 0 Å². The summed E-state index contributed by atoms with van der Waals surface area (Å²) in [5.41, 5.74) is -1.34. The third-order valence-corrected chi connectivity index (χ3v) is 4.44. The molecule has 0 heterocycles. The number of hydrogen-bond donors (Lipinski definition) is 1. The molecule has 1 aliphatic rings. The van der Waals surface area contributed by atoms with E-state index < -0.39 is 11.0 Å². The Morgan fingerprint density at radius 3 is 2.60 bits per heavy atom. The molecule has 0 spiro atoms. The van der Waals surface area contributed by atoms with Crippen LogP contribution in [0, 0.1) is 22.7 Å². The molecule has 2 heteroatoms. The predicted octanol–water partition coefficient (Wildman–Crippen LogP) is 3.26. The molecule has 0 aliphatic heterocycles. The van der Waals surface area contributed by atoms with E-state index in [0.29, 0.717) is 5.92 Å². The van der Waals surface area contributed by atoms with Gasteiger partial charge in [-0.15, -0.1) is 0 Å². The largest absolute Gasteiger partial charge is 0.388 e. The maximum atomic E-state index is 10.8. The summed E-state index contributed by atoms with van der Waals surface area (Å²) in [6.07, 6.45) is 5.84. The van der Waals surface area contributed by atoms with E-state index in [4.69, 9.17) is 0 Å². The van der Waals surface area contributed by atoms with E-state index in [9.17, 15) is 10.4 Å². The molecule has 15 heavy (non-hydrogen) atoms. The monoisotopic (exact) mass is 209 g/mol. The molecule has 3 unspecified atom stereocenters. The lowest BCUT2D eigenvalue weighted by Crippen LogP contribution is -2.52. The third-order valence-electron chi connectivity index (χ3n) is 4.44. The summed E-state index contributed by atoms with van der Waals surface area (Å²) in [6.45, 7) is 6.04. The van der Waals surface area contributed by atoms with Crippen molar-refractivity contribution in [2.24, 2.45) is 11.3 Å². The van der Waals surface area contributed by atoms with Gasteiger partial charge in [0.05, 0.1) is 17.1 Å². The van der Waals surface area contributed by atoms with Crippen LogP contribution in [-0.2, 0) is 0 Å². The average Bonchev–Trinajstić information content (AvgIpc) is 2.28. The van der Waals surface area contributed by atoms with Gasteiger partial charge in [0.1, 0.15) is 0 Å². The minimum atomic E-state index is -0.760. The zero-order chi connectivity index (χ0) is 11.5. The van der Waals surface area contributed by atoms with Crippen molar-refractivity contribution in [1.82, 2.24) is 0 Å². The van der Waals surface area contributed by atoms with Crippen molar-refractivity contribution in [3.05, 3.63) is 0 Å². The first kappa shape index (κ1) is 12.5. The molecule has 0 bridgehead atoms. The van der Waals surface area contributed by atoms with Crippen LogP contribution in [0.3, 0.4) is 0 Å². The molecular formula is C13H23NO. The fourth-order valence-electron chi connectivity index (χ4n) is 2.98. The summed E-state index contributed by atoms with van der Waals surface area (Å²) in [4.78, 5) is 0. The Hall–Kier alpha value is -0.550. The van der Waals surface area contributed by atoms with Crippen molar-refractivity contribution >= 4 is 0 Å². The van der Waals surface area contributed by atoms with Gasteiger partial charge in [-0.3, -0.25) is 0 Å². The van der Waals surface area contributed by atoms with Crippen LogP contribution >= 0.6 is 0 Å². The zero-order valence-corrected chi connectivity index (χ0v) is 10.2. The summed E-state index contributed by atoms with van der Waals surface area (Å²) in [7, 11) is 0. The van der Waals surface area contributed by atoms with E-state index >= 15 is 0 Å². The van der Waals surface area contributed by atoms with Crippen molar-refractivity contribution in [3.8, 4) is 6.07 Å². The second kappa shape index (κ2) is 4.53. The molecule has 0 aromatic heterocycles. The van der Waals surface area contributed by atoms with Gasteiger partial charge in [-0.2, -0.15) is 5.26 Å². The fraction of sp³-hybridized carbons (Fsp3) is 0.923. The van der Waals surface area contributed by atoms with Gasteiger partial charge < -0.3 is 5.11 Å². The van der Waals surface area contributed by atoms with Crippen molar-refractivity contribution < 1.29 is 5.11 Å². The highest BCUT2D eigenvalue weighted by Crippen LogP contribution is 2.48. The Balaban J connectivity index is 3.00. The van der Waals surface area contributed by atoms with Gasteiger partial charge in [0.2, 0.25) is 0 Å². The van der Waals surface area contributed by atoms with Crippen LogP contribution in [0.5, 0.6) is 0 Å². The highest BCUT2D eigenvalue weighted by molar-refractivity contribution is 5.11. The molecule has 2 nitrogen and oxygen atoms in total. The molecule has 3 atom stereocenters. The van der Waals surface area contributed by atoms with Gasteiger partial charge in [-0.05, 0) is 32.1 Å². The van der Waals surface area contributed by atoms with E-state index in [2.05, 4.69) is 13.0 Å². The quantitative estimate of drug-likeness (QED) is 0.775. The van der Waals surface area contributed by atoms with E-state index in [-0.39, 0.29) is 0 Å². The number of aliphatic hydroxyl groups is 1. The molecule has 1 aliphatic carbocycles. The SMILES string of the molecule is CCC1CCCCC1(O)C(C)(C#N)CC. The van der Waals surface area contributed by atoms with E-state index in [1.165, 1.54) is 6.42 Å². The molecule has 1 rings (SSSR count). The minimum absolute atomic E-state index is 0.302. The van der Waals surface area contributed by atoms with Crippen LogP contribution < -0.4 is 0 Å². The Morgan fingerprint density at radius 2 is 2.13 bits per heavy atom. The van der Waals surface area contributed by atoms with E-state index in [1.807, 2.05) is 13.8 Å². The van der Waals surface area contributed by atoms with Gasteiger partial charge in [0.25, 0.3) is 0 Å². The molecule has 1 fully saturated rings. The molecule has 0 aromatic rings. The molecule has 0 aromatic carbocycles. The maximum absolute atomic E-state index is 10.8. The first-order valence-corrected chi connectivity index (χ1v) is 6.17. The normalized spacial score (nSPS) is 35.5. The first-order chi connectivity index (χ1) is 7.04. The molecule has 1 saturated carbocycles. The lowest BCUT2D eigenvalue weighted by Gasteiger charge is -2.48. The lowest BCUT2D eigenvalue weighted by atomic mass is 9.60. The van der Waals surface area contributed by atoms with Crippen LogP contribution in [0.15, 0.2) is 0 Å². The molecule has 1 N–H and O–H groups in total. The Labute approximate surface area is 93.3 Å². The highest BCUT2D eigenvalue weighted by atomic mass is 16.3. The Bertz CT molecular complexity index is 258. The second-order valence-corrected chi connectivity index (χ2v) is 5.07. The molecule has 0 amide bonds. The van der Waals surface area contributed by atoms with Crippen LogP contribution in [-0.4, -0.2) is 10.7 Å². The van der Waals surface area contributed by atoms with Crippen LogP contribution in [0.25, 0.3) is 0 Å². The number of hydrogen-bond acceptors (Lipinski definition) is 2. The molecule has 0 radical (unpaired) electrons. The first-order valence-electron chi connectivity index (χ1n) is 6.17. The minimum Gasteiger partial charge on any atom is -0.388 e. The van der Waals surface area contributed by atoms with Gasteiger partial charge in [-0.25, -0.2) is 0 Å². The number of nitrogens with zero attached hydrogens (tertiary/aromatic N) is 1. The third kappa shape index (κ3) is 1.90. The van der Waals surface area contributed by atoms with Crippen LogP contribution in [0.2, 0.25) is 0 Å². The van der Waals surface area contributed by atoms with Crippen LogP contribution in [0.4, 0.5) is 0 Å². The van der Waals surface area contributed by atoms with Crippen molar-refractivity contribution in [1.29, 1.82) is 5.26 Å². The van der Waals surface area contributed by atoms with Gasteiger partial charge in [0.15, 0.2) is 0 Å². The summed E-state index contributed by atoms with van der Waals surface area (Å²) >= 11 is 0. The summed E-state index contributed by atoms with van der Waals surface area (Å²) in [5, 5.41) is 20.1. The average molecular weight is 209 g/mol. The van der Waals surface area contributed by atoms with Gasteiger partial charge in [-0.1, -0.05) is 33.1 Å². The van der Waals surface area contributed by atoms with Crippen molar-refractivity contribution in [3.63, 3.8) is 0 Å². The lowest BCUT2D eigenvalue weighted by molar-refractivity contribution is -0.120. The van der Waals surface area contributed by atoms with Gasteiger partial charge in [0, 0.05) is 0 Å². The Kier molecular flexibility index (Phi) is 3.78. The summed E-state index contributed by atoms with van der Waals surface area (Å²) < 4.78 is 0.